The molecule has 0 saturated heterocycles. The Balaban J connectivity index is 1.84. The first-order valence-electron chi connectivity index (χ1n) is 7.27. The van der Waals surface area contributed by atoms with Crippen molar-refractivity contribution in [2.24, 2.45) is 5.73 Å². The fraction of sp³-hybridized carbons (Fsp3) is 0.235. The number of carbonyl (C=O) groups excluding carboxylic acids is 1. The summed E-state index contributed by atoms with van der Waals surface area (Å²) in [4.78, 5) is 11.9. The number of nitrogens with two attached hydrogens (primary N) is 1. The Hall–Kier alpha value is -2.53. The molecule has 0 aliphatic rings. The molecule has 2 aromatic rings. The normalized spacial score (nSPS) is 10.1. The van der Waals surface area contributed by atoms with E-state index >= 15 is 0 Å². The number of hydrogen-bond acceptors (Lipinski definition) is 3. The lowest BCUT2D eigenvalue weighted by Crippen LogP contribution is -2.28. The molecule has 0 aromatic heterocycles. The zero-order chi connectivity index (χ0) is 15.8. The number of amides is 2. The minimum atomic E-state index is -0.248. The van der Waals surface area contributed by atoms with Crippen LogP contribution in [0.4, 0.5) is 10.5 Å². The van der Waals surface area contributed by atoms with Crippen molar-refractivity contribution in [1.29, 1.82) is 0 Å². The van der Waals surface area contributed by atoms with Crippen LogP contribution in [0.25, 0.3) is 0 Å². The van der Waals surface area contributed by atoms with Crippen LogP contribution in [-0.2, 0) is 13.1 Å². The van der Waals surface area contributed by atoms with Gasteiger partial charge in [-0.25, -0.2) is 4.79 Å². The van der Waals surface area contributed by atoms with Crippen molar-refractivity contribution in [1.82, 2.24) is 5.32 Å². The second kappa shape index (κ2) is 8.05. The van der Waals surface area contributed by atoms with E-state index < -0.39 is 0 Å². The van der Waals surface area contributed by atoms with E-state index in [1.54, 1.807) is 12.1 Å². The van der Waals surface area contributed by atoms with Crippen molar-refractivity contribution in [2.75, 3.05) is 11.9 Å². The minimum absolute atomic E-state index is 0.248. The van der Waals surface area contributed by atoms with Crippen LogP contribution in [-0.4, -0.2) is 12.6 Å². The van der Waals surface area contributed by atoms with Crippen LogP contribution in [0, 0.1) is 0 Å². The maximum absolute atomic E-state index is 11.9. The van der Waals surface area contributed by atoms with E-state index in [-0.39, 0.29) is 6.03 Å². The van der Waals surface area contributed by atoms with Gasteiger partial charge >= 0.3 is 6.03 Å². The fourth-order valence-corrected chi connectivity index (χ4v) is 2.03. The van der Waals surface area contributed by atoms with E-state index in [0.717, 1.165) is 22.6 Å². The Morgan fingerprint density at radius 3 is 2.55 bits per heavy atom. The number of carbonyl (C=O) groups is 1. The topological polar surface area (TPSA) is 76.4 Å². The van der Waals surface area contributed by atoms with E-state index in [4.69, 9.17) is 10.5 Å². The first kappa shape index (κ1) is 15.9. The molecule has 2 amide bonds. The van der Waals surface area contributed by atoms with Crippen molar-refractivity contribution < 1.29 is 9.53 Å². The van der Waals surface area contributed by atoms with Gasteiger partial charge in [0.05, 0.1) is 6.61 Å². The predicted octanol–water partition coefficient (Wildman–Crippen LogP) is 2.87. The lowest BCUT2D eigenvalue weighted by molar-refractivity contribution is 0.251. The van der Waals surface area contributed by atoms with Crippen LogP contribution in [0.15, 0.2) is 48.5 Å². The number of ether oxygens (including phenoxy) is 1. The number of benzene rings is 2. The summed E-state index contributed by atoms with van der Waals surface area (Å²) in [5, 5.41) is 5.60. The van der Waals surface area contributed by atoms with Gasteiger partial charge in [-0.15, -0.1) is 0 Å². The molecule has 0 radical (unpaired) electrons. The SMILES string of the molecule is CCOc1ccc(NC(=O)NCc2cccc(CN)c2)cc1. The van der Waals surface area contributed by atoms with Gasteiger partial charge in [-0.1, -0.05) is 24.3 Å². The number of anilines is 1. The van der Waals surface area contributed by atoms with Crippen molar-refractivity contribution in [3.05, 3.63) is 59.7 Å². The summed E-state index contributed by atoms with van der Waals surface area (Å²) in [6.45, 7) is 3.50. The molecule has 0 spiro atoms. The number of nitrogens with one attached hydrogen (secondary N) is 2. The quantitative estimate of drug-likeness (QED) is 0.767. The van der Waals surface area contributed by atoms with Gasteiger partial charge in [0.25, 0.3) is 0 Å². The third-order valence-electron chi connectivity index (χ3n) is 3.10. The molecule has 0 aliphatic heterocycles. The van der Waals surface area contributed by atoms with E-state index in [2.05, 4.69) is 10.6 Å². The standard InChI is InChI=1S/C17H21N3O2/c1-2-22-16-8-6-15(7-9-16)20-17(21)19-12-14-5-3-4-13(10-14)11-18/h3-10H,2,11-12,18H2,1H3,(H2,19,20,21). The lowest BCUT2D eigenvalue weighted by Gasteiger charge is -2.09. The Labute approximate surface area is 130 Å². The molecule has 22 heavy (non-hydrogen) atoms. The Bertz CT molecular complexity index is 612. The highest BCUT2D eigenvalue weighted by atomic mass is 16.5. The molecule has 4 N–H and O–H groups in total. The summed E-state index contributed by atoms with van der Waals surface area (Å²) in [6.07, 6.45) is 0. The zero-order valence-electron chi connectivity index (χ0n) is 12.6. The molecule has 0 bridgehead atoms. The fourth-order valence-electron chi connectivity index (χ4n) is 2.03. The summed E-state index contributed by atoms with van der Waals surface area (Å²) in [5.74, 6) is 0.784. The maximum atomic E-state index is 11.9. The molecule has 0 aliphatic carbocycles. The molecule has 116 valence electrons. The predicted molar refractivity (Wildman–Crippen MR) is 87.8 cm³/mol. The Kier molecular flexibility index (Phi) is 5.80. The Morgan fingerprint density at radius 2 is 1.86 bits per heavy atom. The van der Waals surface area contributed by atoms with Gasteiger partial charge in [0.1, 0.15) is 5.75 Å². The Morgan fingerprint density at radius 1 is 1.14 bits per heavy atom. The van der Waals surface area contributed by atoms with Gasteiger partial charge in [0, 0.05) is 18.8 Å². The molecule has 5 nitrogen and oxygen atoms in total. The van der Waals surface area contributed by atoms with Crippen molar-refractivity contribution in [2.45, 2.75) is 20.0 Å². The number of rotatable bonds is 6. The molecular formula is C17H21N3O2. The second-order valence-corrected chi connectivity index (χ2v) is 4.79. The van der Waals surface area contributed by atoms with Crippen LogP contribution in [0.3, 0.4) is 0 Å². The molecule has 2 rings (SSSR count). The maximum Gasteiger partial charge on any atom is 0.319 e. The highest BCUT2D eigenvalue weighted by Crippen LogP contribution is 2.15. The summed E-state index contributed by atoms with van der Waals surface area (Å²) in [7, 11) is 0. The molecule has 0 fully saturated rings. The van der Waals surface area contributed by atoms with Gasteiger partial charge in [0.2, 0.25) is 0 Å². The minimum Gasteiger partial charge on any atom is -0.494 e. The van der Waals surface area contributed by atoms with Crippen molar-refractivity contribution in [3.63, 3.8) is 0 Å². The third kappa shape index (κ3) is 4.79. The molecule has 0 heterocycles. The smallest absolute Gasteiger partial charge is 0.319 e. The summed E-state index contributed by atoms with van der Waals surface area (Å²) >= 11 is 0. The van der Waals surface area contributed by atoms with Gasteiger partial charge in [-0.3, -0.25) is 0 Å². The highest BCUT2D eigenvalue weighted by molar-refractivity contribution is 5.89. The van der Waals surface area contributed by atoms with E-state index in [1.165, 1.54) is 0 Å². The molecule has 2 aromatic carbocycles. The zero-order valence-corrected chi connectivity index (χ0v) is 12.6. The molecule has 0 unspecified atom stereocenters. The van der Waals surface area contributed by atoms with Crippen LogP contribution in [0.5, 0.6) is 5.75 Å². The van der Waals surface area contributed by atoms with Crippen LogP contribution >= 0.6 is 0 Å². The second-order valence-electron chi connectivity index (χ2n) is 4.79. The van der Waals surface area contributed by atoms with Crippen LogP contribution in [0.1, 0.15) is 18.1 Å². The summed E-state index contributed by atoms with van der Waals surface area (Å²) < 4.78 is 5.35. The van der Waals surface area contributed by atoms with Gasteiger partial charge in [-0.05, 0) is 42.3 Å². The number of urea groups is 1. The summed E-state index contributed by atoms with van der Waals surface area (Å²) in [5.41, 5.74) is 8.39. The molecule has 5 heteroatoms. The number of hydrogen-bond donors (Lipinski definition) is 3. The third-order valence-corrected chi connectivity index (χ3v) is 3.10. The first-order chi connectivity index (χ1) is 10.7. The molecule has 0 atom stereocenters. The summed E-state index contributed by atoms with van der Waals surface area (Å²) in [6, 6.07) is 14.8. The van der Waals surface area contributed by atoms with Crippen LogP contribution in [0.2, 0.25) is 0 Å². The average molecular weight is 299 g/mol. The molecule has 0 saturated carbocycles. The van der Waals surface area contributed by atoms with Gasteiger partial charge < -0.3 is 21.1 Å². The monoisotopic (exact) mass is 299 g/mol. The van der Waals surface area contributed by atoms with Crippen LogP contribution < -0.4 is 21.1 Å². The lowest BCUT2D eigenvalue weighted by atomic mass is 10.1. The van der Waals surface area contributed by atoms with Crippen molar-refractivity contribution >= 4 is 11.7 Å². The molecular weight excluding hydrogens is 278 g/mol. The highest BCUT2D eigenvalue weighted by Gasteiger charge is 2.02. The van der Waals surface area contributed by atoms with Gasteiger partial charge in [-0.2, -0.15) is 0 Å². The average Bonchev–Trinajstić information content (AvgIpc) is 2.55. The largest absolute Gasteiger partial charge is 0.494 e. The van der Waals surface area contributed by atoms with Gasteiger partial charge in [0.15, 0.2) is 0 Å². The van der Waals surface area contributed by atoms with E-state index in [9.17, 15) is 4.79 Å². The first-order valence-corrected chi connectivity index (χ1v) is 7.27. The van der Waals surface area contributed by atoms with Crippen molar-refractivity contribution in [3.8, 4) is 5.75 Å². The van der Waals surface area contributed by atoms with E-state index in [0.29, 0.717) is 19.7 Å². The van der Waals surface area contributed by atoms with E-state index in [1.807, 2.05) is 43.3 Å².